The number of benzene rings is 2. The number of sulfone groups is 1. The van der Waals surface area contributed by atoms with E-state index < -0.39 is 15.7 Å². The third-order valence-electron chi connectivity index (χ3n) is 5.06. The Morgan fingerprint density at radius 2 is 1.77 bits per heavy atom. The van der Waals surface area contributed by atoms with Crippen LogP contribution in [0.2, 0.25) is 0 Å². The molecule has 0 saturated heterocycles. The van der Waals surface area contributed by atoms with Gasteiger partial charge in [0.25, 0.3) is 5.91 Å². The van der Waals surface area contributed by atoms with Crippen LogP contribution in [-0.4, -0.2) is 27.5 Å². The van der Waals surface area contributed by atoms with Crippen molar-refractivity contribution in [2.45, 2.75) is 30.5 Å². The minimum Gasteiger partial charge on any atom is -0.486 e. The lowest BCUT2D eigenvalue weighted by atomic mass is 10.1. The van der Waals surface area contributed by atoms with Crippen molar-refractivity contribution in [3.05, 3.63) is 77.2 Å². The zero-order valence-corrected chi connectivity index (χ0v) is 18.1. The molecule has 0 fully saturated rings. The number of hydrogen-bond donors (Lipinski definition) is 1. The van der Waals surface area contributed by atoms with Gasteiger partial charge in [-0.25, -0.2) is 8.42 Å². The topological polar surface area (TPSA) is 94.8 Å². The van der Waals surface area contributed by atoms with Gasteiger partial charge in [-0.15, -0.1) is 0 Å². The minimum absolute atomic E-state index is 0.0550. The van der Waals surface area contributed by atoms with Crippen molar-refractivity contribution in [3.63, 3.8) is 0 Å². The van der Waals surface area contributed by atoms with E-state index >= 15 is 0 Å². The molecule has 2 aromatic carbocycles. The summed E-state index contributed by atoms with van der Waals surface area (Å²) in [7, 11) is -3.58. The van der Waals surface area contributed by atoms with Gasteiger partial charge in [-0.3, -0.25) is 4.79 Å². The molecule has 1 aromatic heterocycles. The number of ether oxygens (including phenoxy) is 2. The number of aryl methyl sites for hydroxylation is 1. The van der Waals surface area contributed by atoms with E-state index in [-0.39, 0.29) is 28.2 Å². The molecular weight excluding hydrogens is 418 g/mol. The van der Waals surface area contributed by atoms with Crippen molar-refractivity contribution in [2.75, 3.05) is 13.2 Å². The molecule has 162 valence electrons. The number of hydrogen-bond acceptors (Lipinski definition) is 6. The zero-order valence-electron chi connectivity index (χ0n) is 17.3. The maximum atomic E-state index is 12.7. The largest absolute Gasteiger partial charge is 0.486 e. The Morgan fingerprint density at radius 3 is 2.55 bits per heavy atom. The van der Waals surface area contributed by atoms with E-state index in [1.54, 1.807) is 31.2 Å². The number of nitrogens with one attached hydrogen (secondary N) is 1. The molecule has 1 aliphatic heterocycles. The Labute approximate surface area is 180 Å². The fraction of sp³-hybridized carbons (Fsp3) is 0.261. The Morgan fingerprint density at radius 1 is 1.03 bits per heavy atom. The molecule has 2 heterocycles. The number of carbonyl (C=O) groups excluding carboxylic acids is 1. The highest BCUT2D eigenvalue weighted by Crippen LogP contribution is 2.32. The van der Waals surface area contributed by atoms with Gasteiger partial charge in [-0.05, 0) is 55.3 Å². The Balaban J connectivity index is 1.44. The first-order valence-corrected chi connectivity index (χ1v) is 11.6. The molecule has 1 aliphatic rings. The van der Waals surface area contributed by atoms with Gasteiger partial charge in [0, 0.05) is 0 Å². The lowest BCUT2D eigenvalue weighted by molar-refractivity contribution is 0.0910. The summed E-state index contributed by atoms with van der Waals surface area (Å²) in [5.74, 6) is 0.843. The summed E-state index contributed by atoms with van der Waals surface area (Å²) >= 11 is 0. The normalized spacial score (nSPS) is 14.1. The molecule has 0 unspecified atom stereocenters. The number of carbonyl (C=O) groups is 1. The predicted molar refractivity (Wildman–Crippen MR) is 114 cm³/mol. The third-order valence-corrected chi connectivity index (χ3v) is 6.85. The minimum atomic E-state index is -3.58. The van der Waals surface area contributed by atoms with Crippen molar-refractivity contribution in [1.29, 1.82) is 0 Å². The van der Waals surface area contributed by atoms with E-state index in [1.165, 1.54) is 12.1 Å². The van der Waals surface area contributed by atoms with Crippen LogP contribution in [-0.2, 0) is 15.6 Å². The lowest BCUT2D eigenvalue weighted by Crippen LogP contribution is -2.26. The summed E-state index contributed by atoms with van der Waals surface area (Å²) in [5, 5.41) is 2.86. The van der Waals surface area contributed by atoms with Crippen molar-refractivity contribution in [1.82, 2.24) is 5.32 Å². The second-order valence-electron chi connectivity index (χ2n) is 7.39. The number of furan rings is 1. The summed E-state index contributed by atoms with van der Waals surface area (Å²) in [6.07, 6.45) is 0. The molecule has 31 heavy (non-hydrogen) atoms. The van der Waals surface area contributed by atoms with Gasteiger partial charge >= 0.3 is 0 Å². The van der Waals surface area contributed by atoms with Crippen molar-refractivity contribution in [2.24, 2.45) is 0 Å². The average Bonchev–Trinajstić information content (AvgIpc) is 3.21. The molecule has 7 nitrogen and oxygen atoms in total. The summed E-state index contributed by atoms with van der Waals surface area (Å²) in [5.41, 5.74) is 1.52. The van der Waals surface area contributed by atoms with Gasteiger partial charge in [0.15, 0.2) is 27.1 Å². The maximum absolute atomic E-state index is 12.7. The molecule has 1 amide bonds. The SMILES string of the molecule is Cc1ccccc1S(=O)(=O)Cc1ccc(C(=O)N[C@H](C)c2ccc3c(c2)OCCO3)o1. The summed E-state index contributed by atoms with van der Waals surface area (Å²) in [4.78, 5) is 12.9. The Kier molecular flexibility index (Phi) is 5.73. The lowest BCUT2D eigenvalue weighted by Gasteiger charge is -2.21. The quantitative estimate of drug-likeness (QED) is 0.625. The van der Waals surface area contributed by atoms with Gasteiger partial charge in [-0.1, -0.05) is 24.3 Å². The molecule has 3 aromatic rings. The van der Waals surface area contributed by atoms with Gasteiger partial charge in [-0.2, -0.15) is 0 Å². The number of rotatable bonds is 6. The second kappa shape index (κ2) is 8.47. The monoisotopic (exact) mass is 441 g/mol. The molecule has 0 radical (unpaired) electrons. The Bertz CT molecular complexity index is 1210. The first-order valence-electron chi connectivity index (χ1n) is 9.91. The van der Waals surface area contributed by atoms with Crippen LogP contribution in [0.5, 0.6) is 11.5 Å². The van der Waals surface area contributed by atoms with Crippen molar-refractivity contribution in [3.8, 4) is 11.5 Å². The van der Waals surface area contributed by atoms with E-state index in [0.717, 1.165) is 5.56 Å². The summed E-state index contributed by atoms with van der Waals surface area (Å²) in [6.45, 7) is 4.58. The molecule has 0 bridgehead atoms. The van der Waals surface area contributed by atoms with E-state index in [9.17, 15) is 13.2 Å². The number of amides is 1. The van der Waals surface area contributed by atoms with Crippen LogP contribution in [0, 0.1) is 6.92 Å². The molecular formula is C23H23NO6S. The predicted octanol–water partition coefficient (Wildman–Crippen LogP) is 3.82. The molecule has 1 N–H and O–H groups in total. The van der Waals surface area contributed by atoms with Crippen LogP contribution >= 0.6 is 0 Å². The zero-order chi connectivity index (χ0) is 22.0. The van der Waals surface area contributed by atoms with E-state index in [0.29, 0.717) is 30.3 Å². The van der Waals surface area contributed by atoms with Crippen LogP contribution in [0.25, 0.3) is 0 Å². The molecule has 0 spiro atoms. The second-order valence-corrected chi connectivity index (χ2v) is 9.35. The highest BCUT2D eigenvalue weighted by Gasteiger charge is 2.22. The first kappa shape index (κ1) is 21.0. The van der Waals surface area contributed by atoms with Crippen molar-refractivity contribution >= 4 is 15.7 Å². The van der Waals surface area contributed by atoms with Crippen LogP contribution in [0.1, 0.15) is 40.4 Å². The highest BCUT2D eigenvalue weighted by atomic mass is 32.2. The molecule has 0 saturated carbocycles. The van der Waals surface area contributed by atoms with Crippen LogP contribution < -0.4 is 14.8 Å². The summed E-state index contributed by atoms with van der Waals surface area (Å²) in [6, 6.07) is 15.0. The maximum Gasteiger partial charge on any atom is 0.287 e. The summed E-state index contributed by atoms with van der Waals surface area (Å²) < 4.78 is 42.0. The van der Waals surface area contributed by atoms with Crippen LogP contribution in [0.3, 0.4) is 0 Å². The fourth-order valence-corrected chi connectivity index (χ4v) is 4.96. The number of fused-ring (bicyclic) bond motifs is 1. The van der Waals surface area contributed by atoms with Crippen LogP contribution in [0.4, 0.5) is 0 Å². The fourth-order valence-electron chi connectivity index (χ4n) is 3.43. The van der Waals surface area contributed by atoms with Gasteiger partial charge in [0.05, 0.1) is 10.9 Å². The van der Waals surface area contributed by atoms with E-state index in [1.807, 2.05) is 25.1 Å². The van der Waals surface area contributed by atoms with Gasteiger partial charge < -0.3 is 19.2 Å². The average molecular weight is 442 g/mol. The van der Waals surface area contributed by atoms with Gasteiger partial charge in [0.1, 0.15) is 24.7 Å². The standard InChI is InChI=1S/C23H23NO6S/c1-15-5-3-4-6-22(15)31(26,27)14-18-8-10-20(30-18)23(25)24-16(2)17-7-9-19-21(13-17)29-12-11-28-19/h3-10,13,16H,11-12,14H2,1-2H3,(H,24,25)/t16-/m1/s1. The molecule has 8 heteroatoms. The molecule has 1 atom stereocenters. The van der Waals surface area contributed by atoms with Crippen molar-refractivity contribution < 1.29 is 27.1 Å². The highest BCUT2D eigenvalue weighted by molar-refractivity contribution is 7.90. The smallest absolute Gasteiger partial charge is 0.287 e. The Hall–Kier alpha value is -3.26. The van der Waals surface area contributed by atoms with E-state index in [4.69, 9.17) is 13.9 Å². The first-order chi connectivity index (χ1) is 14.8. The van der Waals surface area contributed by atoms with E-state index in [2.05, 4.69) is 5.32 Å². The molecule has 4 rings (SSSR count). The van der Waals surface area contributed by atoms with Crippen LogP contribution in [0.15, 0.2) is 63.9 Å². The van der Waals surface area contributed by atoms with Gasteiger partial charge in [0.2, 0.25) is 0 Å². The third kappa shape index (κ3) is 4.59. The molecule has 0 aliphatic carbocycles.